The van der Waals surface area contributed by atoms with Crippen molar-refractivity contribution in [2.24, 2.45) is 22.0 Å². The molecule has 6 atom stereocenters. The molecule has 28 heteroatoms. The Bertz CT molecular complexity index is 4690. The Kier molecular flexibility index (Phi) is 29.3. The number of carbonyl (C=O) groups excluding carboxylic acids is 2. The van der Waals surface area contributed by atoms with Gasteiger partial charge >= 0.3 is 126 Å². The molecule has 0 radical (unpaired) electrons. The van der Waals surface area contributed by atoms with E-state index in [1.807, 2.05) is 77.6 Å². The van der Waals surface area contributed by atoms with Crippen molar-refractivity contribution in [3.63, 3.8) is 0 Å². The minimum atomic E-state index is -2.24. The topological polar surface area (TPSA) is 325 Å². The number of piperidine rings is 1. The molecule has 4 bridgehead atoms. The van der Waals surface area contributed by atoms with Crippen molar-refractivity contribution >= 4 is 87.0 Å². The molecule has 114 heavy (non-hydrogen) atoms. The maximum absolute atomic E-state index is 13.2. The van der Waals surface area contributed by atoms with E-state index in [9.17, 15) is 24.6 Å². The van der Waals surface area contributed by atoms with E-state index >= 15 is 0 Å². The van der Waals surface area contributed by atoms with Gasteiger partial charge in [0.1, 0.15) is 42.6 Å². The van der Waals surface area contributed by atoms with Crippen LogP contribution in [0.4, 0.5) is 11.6 Å². The van der Waals surface area contributed by atoms with Crippen LogP contribution in [0.1, 0.15) is 170 Å². The van der Waals surface area contributed by atoms with Gasteiger partial charge in [0.15, 0.2) is 22.8 Å². The fraction of sp³-hybridized carbons (Fsp3) is 0.500. The molecule has 2 aromatic carbocycles. The quantitative estimate of drug-likeness (QED) is 0.00860. The molecular weight excluding hydrogens is 1580 g/mol. The molecule has 1 amide bonds. The maximum atomic E-state index is 13.2. The number of ether oxygens (including phenoxy) is 3. The van der Waals surface area contributed by atoms with Crippen LogP contribution >= 0.6 is 0 Å². The van der Waals surface area contributed by atoms with Crippen LogP contribution in [0.5, 0.6) is 0 Å². The Balaban J connectivity index is 0.000000173. The van der Waals surface area contributed by atoms with Crippen molar-refractivity contribution in [1.29, 1.82) is 0 Å². The molecule has 6 N–H and O–H groups in total. The van der Waals surface area contributed by atoms with Crippen LogP contribution in [-0.2, 0) is 30.2 Å². The van der Waals surface area contributed by atoms with E-state index in [1.54, 1.807) is 17.3 Å². The fourth-order valence-electron chi connectivity index (χ4n) is 16.5. The second-order valence-corrected chi connectivity index (χ2v) is 58.3. The van der Waals surface area contributed by atoms with Gasteiger partial charge in [-0.25, -0.2) is 19.7 Å². The van der Waals surface area contributed by atoms with Crippen molar-refractivity contribution in [3.05, 3.63) is 155 Å². The molecule has 2 unspecified atom stereocenters. The van der Waals surface area contributed by atoms with E-state index in [4.69, 9.17) is 45.1 Å². The Labute approximate surface area is 677 Å². The third-order valence-corrected chi connectivity index (χ3v) is 41.2. The Morgan fingerprint density at radius 2 is 1.19 bits per heavy atom. The number of carboxylic acids is 1. The summed E-state index contributed by atoms with van der Waals surface area (Å²) < 4.78 is 27.5. The van der Waals surface area contributed by atoms with Crippen LogP contribution in [0.3, 0.4) is 0 Å². The number of aromatic amines is 1. The molecule has 25 nitrogen and oxygen atoms in total. The van der Waals surface area contributed by atoms with Crippen LogP contribution in [0.25, 0.3) is 56.1 Å². The monoisotopic (exact) mass is 1690 g/mol. The molecule has 2 aliphatic carbocycles. The predicted octanol–water partition coefficient (Wildman–Crippen LogP) is 17.1. The summed E-state index contributed by atoms with van der Waals surface area (Å²) in [6, 6.07) is 31.8. The minimum Gasteiger partial charge on any atom is -0.477 e. The van der Waals surface area contributed by atoms with Gasteiger partial charge in [0.25, 0.3) is 5.91 Å². The number of aliphatic carboxylic acids is 1. The molecule has 4 fully saturated rings. The third kappa shape index (κ3) is 21.3. The van der Waals surface area contributed by atoms with Crippen LogP contribution in [-0.4, -0.2) is 184 Å². The zero-order chi connectivity index (χ0) is 81.4. The summed E-state index contributed by atoms with van der Waals surface area (Å²) in [6.07, 6.45) is 25.4. The van der Waals surface area contributed by atoms with E-state index in [-0.39, 0.29) is 65.2 Å². The van der Waals surface area contributed by atoms with E-state index in [1.165, 1.54) is 98.9 Å². The summed E-state index contributed by atoms with van der Waals surface area (Å²) in [7, 11) is -2.50. The number of pyridine rings is 2. The number of aromatic nitrogens is 11. The number of carbonyl (C=O) groups is 3. The molecule has 10 heterocycles. The van der Waals surface area contributed by atoms with Crippen molar-refractivity contribution in [2.45, 2.75) is 225 Å². The number of unbranched alkanes of at least 4 members (excludes halogenated alkanes) is 3. The summed E-state index contributed by atoms with van der Waals surface area (Å²) in [5, 5.41) is 55.1. The van der Waals surface area contributed by atoms with Gasteiger partial charge in [0, 0.05) is 119 Å². The van der Waals surface area contributed by atoms with Gasteiger partial charge in [-0.1, -0.05) is 125 Å². The minimum absolute atomic E-state index is 0.110. The van der Waals surface area contributed by atoms with Crippen molar-refractivity contribution in [3.8, 4) is 44.8 Å². The fourth-order valence-corrected chi connectivity index (χ4v) is 32.7. The smallest absolute Gasteiger partial charge is 0.352 e. The zero-order valence-electron chi connectivity index (χ0n) is 68.7. The average molecular weight is 1690 g/mol. The summed E-state index contributed by atoms with van der Waals surface area (Å²) in [6.45, 7) is 32.0. The number of nitrogen functional groups attached to an aromatic ring is 1. The van der Waals surface area contributed by atoms with E-state index in [0.717, 1.165) is 95.1 Å². The summed E-state index contributed by atoms with van der Waals surface area (Å²) in [5.41, 5.74) is 13.5. The number of benzene rings is 2. The molecule has 3 aliphatic heterocycles. The van der Waals surface area contributed by atoms with Gasteiger partial charge in [-0.15, -0.1) is 5.10 Å². The largest absolute Gasteiger partial charge is 0.477 e. The normalized spacial score (nSPS) is 19.7. The van der Waals surface area contributed by atoms with Crippen LogP contribution < -0.4 is 10.6 Å². The number of fused-ring (bicyclic) bond motifs is 6. The first-order chi connectivity index (χ1) is 54.7. The number of nitrogens with zero attached hydrogens (tertiary/aromatic N) is 14. The number of ketones is 1. The number of anilines is 2. The molecule has 2 saturated heterocycles. The third-order valence-electron chi connectivity index (χ3n) is 22.8. The summed E-state index contributed by atoms with van der Waals surface area (Å²) in [4.78, 5) is 63.5. The first-order valence-electron chi connectivity index (χ1n) is 41.0. The van der Waals surface area contributed by atoms with E-state index < -0.39 is 51.7 Å². The van der Waals surface area contributed by atoms with Gasteiger partial charge in [-0.05, 0) is 75.1 Å². The van der Waals surface area contributed by atoms with E-state index in [2.05, 4.69) is 144 Å². The van der Waals surface area contributed by atoms with Gasteiger partial charge in [-0.2, -0.15) is 29.4 Å². The van der Waals surface area contributed by atoms with Gasteiger partial charge in [0.2, 0.25) is 5.82 Å². The first kappa shape index (κ1) is 86.1. The summed E-state index contributed by atoms with van der Waals surface area (Å²) >= 11 is -2.24. The second-order valence-electron chi connectivity index (χ2n) is 33.9. The van der Waals surface area contributed by atoms with Crippen molar-refractivity contribution in [1.82, 2.24) is 59.2 Å². The number of H-pyrrole nitrogens is 1. The molecule has 14 rings (SSSR count). The number of nitrogens with two attached hydrogens (primary N) is 1. The molecule has 5 aliphatic rings. The van der Waals surface area contributed by atoms with E-state index in [0.29, 0.717) is 61.8 Å². The summed E-state index contributed by atoms with van der Waals surface area (Å²) in [5.74, 6) is 0.639. The first-order valence-corrected chi connectivity index (χ1v) is 55.9. The number of nitrogens with one attached hydrogen (secondary N) is 1. The Morgan fingerprint density at radius 3 is 1.63 bits per heavy atom. The average Bonchev–Trinajstić information content (AvgIpc) is 1.51. The van der Waals surface area contributed by atoms with Crippen molar-refractivity contribution < 1.29 is 43.9 Å². The number of amides is 1. The zero-order valence-corrected chi connectivity index (χ0v) is 73.5. The Hall–Kier alpha value is -8.72. The van der Waals surface area contributed by atoms with Crippen molar-refractivity contribution in [2.75, 3.05) is 43.9 Å². The molecule has 608 valence electrons. The number of Topliss-reactive ketones (excluding diaryl/α,β-unsaturated/α-hetero) is 1. The molecule has 9 aromatic rings. The van der Waals surface area contributed by atoms with Gasteiger partial charge < -0.3 is 40.3 Å². The van der Waals surface area contributed by atoms with Crippen LogP contribution in [0, 0.1) is 11.8 Å². The maximum Gasteiger partial charge on any atom is 0.352 e. The number of hydrogen-bond acceptors (Lipinski definition) is 20. The molecule has 2 saturated carbocycles. The molecule has 7 aromatic heterocycles. The number of rotatable bonds is 32. The number of aliphatic hydroxyl groups is 2. The molecular formula is C86H118N16O9Si2Sn. The second kappa shape index (κ2) is 38.8. The molecule has 0 spiro atoms. The number of hydrogen-bond donors (Lipinski definition) is 5. The number of carboxylic acid groups (broad SMARTS) is 1. The van der Waals surface area contributed by atoms with Crippen LogP contribution in [0.2, 0.25) is 64.7 Å². The Morgan fingerprint density at radius 1 is 0.667 bits per heavy atom. The predicted molar refractivity (Wildman–Crippen MR) is 458 cm³/mol. The SMILES string of the molecule is C=[C](OCC)[Sn]([CH2]CCC)([CH2]CCC)[CH2]CCC.CC(=O)c1c(C2(O)C[C@H]3CC[C@@H](C2)N3C(=O)c2ncn[nH]2)nc2c(-c3ccc(-c4ccccc4)nc3)cnn2c1N.C[Si](C)(C)CCOCN(COCC[Si](C)(C)C)c1cc(C2(O)C[C@@H]3CC[C@@H](C3)C2)nc2c(-c3ccc(-c4ccccc4)nc3)cnn12.O=C(O)C1=NN=CC1. The van der Waals surface area contributed by atoms with Gasteiger partial charge in [0.05, 0.1) is 40.7 Å². The van der Waals surface area contributed by atoms with Crippen LogP contribution in [0.15, 0.2) is 143 Å². The standard InChI is InChI=1S/C37H53N5O3Si2.C29H27N9O3.C4H4N2O2.C4H7O.3C4H9.Sn/c1-46(2,3)18-16-44-26-41(27-45-17-19-47(4,5)6)35-21-34(37(43)22-28-12-13-29(20-28)23-37)40-36-32(25-39-42(35)36)31-14-15-33(38-24-31)30-10-8-7-9-11-30;1-16(39)23-24(29(41)11-19-8-9-20(12-29)37(19)28(40)26-32-15-33-36-26)35-27-21(14-34-38(27)25(23)30)18-7-10-22(31-13-18)17-5-3-2-4-6-17;7-4(8)3-1-2-5-6-3;1-3-5-4-2;3*1-3-4-2;/h7-11,14-15,21,24-25,28-29,43H,12-13,16-20,22-23,26-27H2,1-6H3;2-7,10,13-15,19-20,41H,8-9,11-12,30H2,1H3,(H,32,33,36);2H,1H2,(H,7,8);1,4H2,2H3;3*1,3-4H2,2H3;/t28-,29+,37?;19-,20+,29?;;;;;;. The van der Waals surface area contributed by atoms with Gasteiger partial charge in [-0.3, -0.25) is 24.7 Å².